The van der Waals surface area contributed by atoms with Crippen molar-refractivity contribution >= 4 is 40.8 Å². The molecule has 2 heterocycles. The molecule has 1 aromatic heterocycles. The summed E-state index contributed by atoms with van der Waals surface area (Å²) in [6.45, 7) is 1.60. The summed E-state index contributed by atoms with van der Waals surface area (Å²) in [6, 6.07) is 14.5. The molecule has 0 spiro atoms. The second-order valence-corrected chi connectivity index (χ2v) is 7.95. The molecule has 162 valence electrons. The van der Waals surface area contributed by atoms with Crippen molar-refractivity contribution in [1.82, 2.24) is 10.3 Å². The molecule has 1 aliphatic heterocycles. The number of nitrogens with one attached hydrogen (secondary N) is 2. The van der Waals surface area contributed by atoms with Gasteiger partial charge in [0, 0.05) is 18.3 Å². The number of halogens is 2. The Morgan fingerprint density at radius 1 is 1.16 bits per heavy atom. The molecule has 2 aromatic carbocycles. The first-order valence-corrected chi connectivity index (χ1v) is 10.1. The predicted octanol–water partition coefficient (Wildman–Crippen LogP) is 4.18. The summed E-state index contributed by atoms with van der Waals surface area (Å²) in [6.07, 6.45) is 1.69. The first-order valence-electron chi connectivity index (χ1n) is 9.70. The van der Waals surface area contributed by atoms with Gasteiger partial charge in [0.25, 0.3) is 11.8 Å². The quantitative estimate of drug-likeness (QED) is 0.568. The van der Waals surface area contributed by atoms with Gasteiger partial charge in [-0.05, 0) is 55.0 Å². The van der Waals surface area contributed by atoms with E-state index in [9.17, 15) is 18.8 Å². The van der Waals surface area contributed by atoms with Crippen molar-refractivity contribution in [1.29, 1.82) is 0 Å². The van der Waals surface area contributed by atoms with Gasteiger partial charge in [-0.3, -0.25) is 14.6 Å². The van der Waals surface area contributed by atoms with Crippen LogP contribution in [-0.4, -0.2) is 28.4 Å². The fourth-order valence-corrected chi connectivity index (χ4v) is 3.76. The van der Waals surface area contributed by atoms with Crippen LogP contribution in [-0.2, 0) is 11.2 Å². The zero-order chi connectivity index (χ0) is 22.9. The average molecular weight is 453 g/mol. The number of nitrogens with zero attached hydrogens (tertiary/aromatic N) is 2. The maximum absolute atomic E-state index is 13.2. The first kappa shape index (κ1) is 21.5. The van der Waals surface area contributed by atoms with Crippen LogP contribution in [0.5, 0.6) is 0 Å². The second-order valence-electron chi connectivity index (χ2n) is 7.54. The second kappa shape index (κ2) is 8.39. The molecule has 1 aliphatic rings. The van der Waals surface area contributed by atoms with Crippen LogP contribution in [0.1, 0.15) is 23.0 Å². The number of amides is 4. The lowest BCUT2D eigenvalue weighted by Crippen LogP contribution is -2.46. The van der Waals surface area contributed by atoms with E-state index in [4.69, 9.17) is 11.6 Å². The fraction of sp³-hybridized carbons (Fsp3) is 0.130. The van der Waals surface area contributed by atoms with E-state index in [1.54, 1.807) is 37.3 Å². The molecular weight excluding hydrogens is 435 g/mol. The molecule has 2 N–H and O–H groups in total. The van der Waals surface area contributed by atoms with Gasteiger partial charge in [0.15, 0.2) is 0 Å². The van der Waals surface area contributed by atoms with E-state index >= 15 is 0 Å². The molecule has 4 amide bonds. The van der Waals surface area contributed by atoms with Crippen molar-refractivity contribution in [3.8, 4) is 0 Å². The summed E-state index contributed by atoms with van der Waals surface area (Å²) < 4.78 is 13.2. The van der Waals surface area contributed by atoms with Gasteiger partial charge in [-0.15, -0.1) is 0 Å². The molecule has 1 saturated heterocycles. The molecule has 1 atom stereocenters. The highest BCUT2D eigenvalue weighted by Gasteiger charge is 2.48. The van der Waals surface area contributed by atoms with E-state index < -0.39 is 23.4 Å². The molecule has 0 radical (unpaired) electrons. The van der Waals surface area contributed by atoms with E-state index in [2.05, 4.69) is 15.6 Å². The summed E-state index contributed by atoms with van der Waals surface area (Å²) in [7, 11) is 0. The Hall–Kier alpha value is -3.78. The number of benzene rings is 2. The molecule has 1 fully saturated rings. The minimum Gasteiger partial charge on any atom is -0.323 e. The van der Waals surface area contributed by atoms with Crippen LogP contribution in [0.25, 0.3) is 0 Å². The number of hydrogen-bond donors (Lipinski definition) is 2. The van der Waals surface area contributed by atoms with E-state index in [1.165, 1.54) is 36.5 Å². The summed E-state index contributed by atoms with van der Waals surface area (Å²) in [5.74, 6) is -1.29. The van der Waals surface area contributed by atoms with E-state index in [0.717, 1.165) is 4.90 Å². The lowest BCUT2D eigenvalue weighted by Gasteiger charge is -2.22. The molecule has 7 nitrogen and oxygen atoms in total. The van der Waals surface area contributed by atoms with Crippen molar-refractivity contribution < 1.29 is 18.8 Å². The van der Waals surface area contributed by atoms with Gasteiger partial charge < -0.3 is 10.6 Å². The topological polar surface area (TPSA) is 91.4 Å². The number of urea groups is 1. The fourth-order valence-electron chi connectivity index (χ4n) is 3.49. The van der Waals surface area contributed by atoms with Gasteiger partial charge in [-0.25, -0.2) is 14.1 Å². The largest absolute Gasteiger partial charge is 0.329 e. The normalized spacial score (nSPS) is 17.9. The van der Waals surface area contributed by atoms with Crippen LogP contribution in [0, 0.1) is 5.82 Å². The van der Waals surface area contributed by atoms with Gasteiger partial charge in [-0.1, -0.05) is 29.8 Å². The van der Waals surface area contributed by atoms with Crippen LogP contribution in [0.3, 0.4) is 0 Å². The zero-order valence-corrected chi connectivity index (χ0v) is 17.7. The van der Waals surface area contributed by atoms with E-state index in [-0.39, 0.29) is 28.6 Å². The Morgan fingerprint density at radius 2 is 1.91 bits per heavy atom. The Balaban J connectivity index is 1.54. The SMILES string of the molecule is CC1(Cc2ccc(F)cc2)NC(=O)N(c2ccc(NC(=O)c3ccccn3)cc2Cl)C1=O. The standard InChI is InChI=1S/C23H18ClFN4O3/c1-23(13-14-5-7-15(25)8-6-14)21(31)29(22(32)28-23)19-10-9-16(12-17(19)24)27-20(30)18-4-2-3-11-26-18/h2-12H,13H2,1H3,(H,27,30)(H,28,32). The molecule has 9 heteroatoms. The molecule has 0 saturated carbocycles. The minimum absolute atomic E-state index is 0.110. The number of anilines is 2. The first-order chi connectivity index (χ1) is 15.3. The zero-order valence-electron chi connectivity index (χ0n) is 16.9. The lowest BCUT2D eigenvalue weighted by atomic mass is 9.92. The van der Waals surface area contributed by atoms with Crippen molar-refractivity contribution in [3.63, 3.8) is 0 Å². The number of aromatic nitrogens is 1. The molecular formula is C23H18ClFN4O3. The molecule has 3 aromatic rings. The third kappa shape index (κ3) is 4.17. The summed E-state index contributed by atoms with van der Waals surface area (Å²) in [4.78, 5) is 43.0. The Bertz CT molecular complexity index is 1200. The maximum atomic E-state index is 13.2. The van der Waals surface area contributed by atoms with Crippen LogP contribution in [0.2, 0.25) is 5.02 Å². The number of pyridine rings is 1. The molecule has 32 heavy (non-hydrogen) atoms. The van der Waals surface area contributed by atoms with Gasteiger partial charge in [0.2, 0.25) is 0 Å². The molecule has 0 bridgehead atoms. The van der Waals surface area contributed by atoms with Crippen LogP contribution in [0.15, 0.2) is 66.9 Å². The highest BCUT2D eigenvalue weighted by Crippen LogP contribution is 2.34. The number of carbonyl (C=O) groups is 3. The Morgan fingerprint density at radius 3 is 2.56 bits per heavy atom. The Kier molecular flexibility index (Phi) is 5.63. The average Bonchev–Trinajstić information content (AvgIpc) is 2.99. The summed E-state index contributed by atoms with van der Waals surface area (Å²) >= 11 is 6.36. The van der Waals surface area contributed by atoms with Crippen LogP contribution < -0.4 is 15.5 Å². The minimum atomic E-state index is -1.22. The van der Waals surface area contributed by atoms with Gasteiger partial charge in [-0.2, -0.15) is 0 Å². The number of carbonyl (C=O) groups excluding carboxylic acids is 3. The van der Waals surface area contributed by atoms with Crippen molar-refractivity contribution in [3.05, 3.63) is 89.0 Å². The van der Waals surface area contributed by atoms with Gasteiger partial charge in [0.1, 0.15) is 17.1 Å². The Labute approximate surface area is 188 Å². The van der Waals surface area contributed by atoms with Crippen LogP contribution in [0.4, 0.5) is 20.6 Å². The monoisotopic (exact) mass is 452 g/mol. The third-order valence-corrected chi connectivity index (χ3v) is 5.38. The number of rotatable bonds is 5. The number of hydrogen-bond acceptors (Lipinski definition) is 4. The summed E-state index contributed by atoms with van der Waals surface area (Å²) in [5.41, 5.74) is 0.286. The highest BCUT2D eigenvalue weighted by atomic mass is 35.5. The third-order valence-electron chi connectivity index (χ3n) is 5.08. The molecule has 4 rings (SSSR count). The highest BCUT2D eigenvalue weighted by molar-refractivity contribution is 6.36. The van der Waals surface area contributed by atoms with Gasteiger partial charge in [0.05, 0.1) is 10.7 Å². The maximum Gasteiger partial charge on any atom is 0.329 e. The number of imide groups is 1. The smallest absolute Gasteiger partial charge is 0.323 e. The van der Waals surface area contributed by atoms with E-state index in [1.807, 2.05) is 0 Å². The van der Waals surface area contributed by atoms with Crippen molar-refractivity contribution in [2.45, 2.75) is 18.9 Å². The van der Waals surface area contributed by atoms with Gasteiger partial charge >= 0.3 is 6.03 Å². The summed E-state index contributed by atoms with van der Waals surface area (Å²) in [5, 5.41) is 5.48. The van der Waals surface area contributed by atoms with Crippen LogP contribution >= 0.6 is 11.6 Å². The van der Waals surface area contributed by atoms with E-state index in [0.29, 0.717) is 11.3 Å². The molecule has 1 unspecified atom stereocenters. The predicted molar refractivity (Wildman–Crippen MR) is 118 cm³/mol. The molecule has 0 aliphatic carbocycles. The van der Waals surface area contributed by atoms with Crippen molar-refractivity contribution in [2.75, 3.05) is 10.2 Å². The lowest BCUT2D eigenvalue weighted by molar-refractivity contribution is -0.121. The van der Waals surface area contributed by atoms with Crippen molar-refractivity contribution in [2.24, 2.45) is 0 Å².